The summed E-state index contributed by atoms with van der Waals surface area (Å²) in [7, 11) is 0. The lowest BCUT2D eigenvalue weighted by Gasteiger charge is -2.11. The van der Waals surface area contributed by atoms with Gasteiger partial charge in [0.25, 0.3) is 11.5 Å². The Morgan fingerprint density at radius 3 is 2.63 bits per heavy atom. The fourth-order valence-electron chi connectivity index (χ4n) is 2.42. The molecule has 0 saturated heterocycles. The quantitative estimate of drug-likeness (QED) is 0.463. The minimum Gasteiger partial charge on any atom is -0.493 e. The van der Waals surface area contributed by atoms with Gasteiger partial charge in [0.1, 0.15) is 5.56 Å². The number of para-hydroxylation sites is 1. The Kier molecular flexibility index (Phi) is 4.93. The smallest absolute Gasteiger partial charge is 0.335 e. The number of nitrogens with one attached hydrogen (secondary N) is 2. The predicted octanol–water partition coefficient (Wildman–Crippen LogP) is 0.699. The number of amides is 1. The summed E-state index contributed by atoms with van der Waals surface area (Å²) < 4.78 is 0.961. The summed E-state index contributed by atoms with van der Waals surface area (Å²) in [5.74, 6) is -1.10. The zero-order valence-electron chi connectivity index (χ0n) is 14.2. The standard InChI is InChI=1S/C18H15N5O4/c1-11-4-2-3-5-14(11)23-17(26)13(16(25)21-18(23)27)10-20-22-15(24)12-6-8-19-9-7-12/h2-10,26H,1H3,(H,22,24)(H,21,25,27)/b20-10+. The average molecular weight is 365 g/mol. The van der Waals surface area contributed by atoms with Crippen molar-refractivity contribution in [1.82, 2.24) is 20.0 Å². The number of hydrazone groups is 1. The highest BCUT2D eigenvalue weighted by molar-refractivity contribution is 5.94. The number of nitrogens with zero attached hydrogens (tertiary/aromatic N) is 3. The maximum Gasteiger partial charge on any atom is 0.335 e. The third-order valence-electron chi connectivity index (χ3n) is 3.78. The van der Waals surface area contributed by atoms with Crippen LogP contribution in [0, 0.1) is 6.92 Å². The minimum absolute atomic E-state index is 0.270. The molecule has 2 aromatic heterocycles. The summed E-state index contributed by atoms with van der Waals surface area (Å²) in [5, 5.41) is 14.1. The first-order valence-corrected chi connectivity index (χ1v) is 7.87. The van der Waals surface area contributed by atoms with Crippen LogP contribution in [0.4, 0.5) is 0 Å². The Balaban J connectivity index is 1.96. The molecule has 1 aromatic carbocycles. The zero-order chi connectivity index (χ0) is 19.4. The molecule has 0 bridgehead atoms. The van der Waals surface area contributed by atoms with E-state index in [2.05, 4.69) is 20.5 Å². The van der Waals surface area contributed by atoms with Gasteiger partial charge >= 0.3 is 5.69 Å². The summed E-state index contributed by atoms with van der Waals surface area (Å²) in [5.41, 5.74) is 1.80. The van der Waals surface area contributed by atoms with Crippen molar-refractivity contribution in [3.8, 4) is 11.6 Å². The highest BCUT2D eigenvalue weighted by Gasteiger charge is 2.15. The van der Waals surface area contributed by atoms with Crippen LogP contribution in [0.2, 0.25) is 0 Å². The molecule has 2 heterocycles. The lowest BCUT2D eigenvalue weighted by molar-refractivity contribution is 0.0955. The Labute approximate surface area is 152 Å². The number of benzene rings is 1. The van der Waals surface area contributed by atoms with E-state index < -0.39 is 23.0 Å². The van der Waals surface area contributed by atoms with Crippen LogP contribution in [-0.4, -0.2) is 31.8 Å². The van der Waals surface area contributed by atoms with E-state index in [1.54, 1.807) is 31.2 Å². The topological polar surface area (TPSA) is 129 Å². The fourth-order valence-corrected chi connectivity index (χ4v) is 2.42. The van der Waals surface area contributed by atoms with E-state index in [1.807, 2.05) is 0 Å². The van der Waals surface area contributed by atoms with Gasteiger partial charge < -0.3 is 5.11 Å². The van der Waals surface area contributed by atoms with Crippen LogP contribution in [0.5, 0.6) is 5.88 Å². The number of H-pyrrole nitrogens is 1. The summed E-state index contributed by atoms with van der Waals surface area (Å²) >= 11 is 0. The number of aromatic hydroxyl groups is 1. The third-order valence-corrected chi connectivity index (χ3v) is 3.78. The first-order chi connectivity index (χ1) is 13.0. The second-order valence-corrected chi connectivity index (χ2v) is 5.55. The average Bonchev–Trinajstić information content (AvgIpc) is 2.66. The fraction of sp³-hybridized carbons (Fsp3) is 0.0556. The van der Waals surface area contributed by atoms with E-state index in [1.165, 1.54) is 24.5 Å². The molecule has 0 radical (unpaired) electrons. The molecule has 27 heavy (non-hydrogen) atoms. The molecule has 0 aliphatic carbocycles. The van der Waals surface area contributed by atoms with Gasteiger partial charge in [0.15, 0.2) is 0 Å². The van der Waals surface area contributed by atoms with Crippen molar-refractivity contribution in [3.63, 3.8) is 0 Å². The van der Waals surface area contributed by atoms with Crippen LogP contribution in [-0.2, 0) is 0 Å². The van der Waals surface area contributed by atoms with Crippen LogP contribution >= 0.6 is 0 Å². The summed E-state index contributed by atoms with van der Waals surface area (Å²) in [6.45, 7) is 1.76. The van der Waals surface area contributed by atoms with E-state index >= 15 is 0 Å². The highest BCUT2D eigenvalue weighted by Crippen LogP contribution is 2.18. The molecule has 0 unspecified atom stereocenters. The van der Waals surface area contributed by atoms with Crippen LogP contribution in [0.25, 0.3) is 5.69 Å². The first-order valence-electron chi connectivity index (χ1n) is 7.87. The Morgan fingerprint density at radius 1 is 1.22 bits per heavy atom. The number of rotatable bonds is 4. The minimum atomic E-state index is -0.829. The highest BCUT2D eigenvalue weighted by atomic mass is 16.3. The molecule has 0 spiro atoms. The lowest BCUT2D eigenvalue weighted by atomic mass is 10.2. The van der Waals surface area contributed by atoms with Crippen LogP contribution in [0.1, 0.15) is 21.5 Å². The van der Waals surface area contributed by atoms with E-state index in [4.69, 9.17) is 0 Å². The maximum absolute atomic E-state index is 12.2. The van der Waals surface area contributed by atoms with E-state index in [9.17, 15) is 19.5 Å². The molecule has 0 aliphatic rings. The van der Waals surface area contributed by atoms with Gasteiger partial charge in [0, 0.05) is 18.0 Å². The van der Waals surface area contributed by atoms with Crippen molar-refractivity contribution in [2.24, 2.45) is 5.10 Å². The summed E-state index contributed by atoms with van der Waals surface area (Å²) in [6.07, 6.45) is 3.88. The Bertz CT molecular complexity index is 1130. The molecule has 136 valence electrons. The van der Waals surface area contributed by atoms with Crippen LogP contribution in [0.15, 0.2) is 63.5 Å². The molecule has 3 N–H and O–H groups in total. The number of carbonyl (C=O) groups excluding carboxylic acids is 1. The number of aromatic nitrogens is 3. The molecular weight excluding hydrogens is 350 g/mol. The van der Waals surface area contributed by atoms with Gasteiger partial charge in [-0.1, -0.05) is 18.2 Å². The predicted molar refractivity (Wildman–Crippen MR) is 98.4 cm³/mol. The molecule has 9 nitrogen and oxygen atoms in total. The van der Waals surface area contributed by atoms with Crippen molar-refractivity contribution in [1.29, 1.82) is 0 Å². The molecule has 0 saturated carbocycles. The molecule has 0 atom stereocenters. The first kappa shape index (κ1) is 17.8. The van der Waals surface area contributed by atoms with Gasteiger partial charge in [-0.15, -0.1) is 0 Å². The number of aromatic amines is 1. The Hall–Kier alpha value is -4.01. The van der Waals surface area contributed by atoms with Crippen molar-refractivity contribution in [2.75, 3.05) is 0 Å². The van der Waals surface area contributed by atoms with Crippen molar-refractivity contribution >= 4 is 12.1 Å². The lowest BCUT2D eigenvalue weighted by Crippen LogP contribution is -2.32. The molecule has 1 amide bonds. The number of pyridine rings is 1. The maximum atomic E-state index is 12.2. The monoisotopic (exact) mass is 365 g/mol. The SMILES string of the molecule is Cc1ccccc1-n1c(O)c(/C=N/NC(=O)c2ccncc2)c(=O)[nH]c1=O. The van der Waals surface area contributed by atoms with Gasteiger partial charge in [-0.2, -0.15) is 5.10 Å². The van der Waals surface area contributed by atoms with Crippen molar-refractivity contribution < 1.29 is 9.90 Å². The van der Waals surface area contributed by atoms with E-state index in [0.717, 1.165) is 16.3 Å². The van der Waals surface area contributed by atoms with Gasteiger partial charge in [0.2, 0.25) is 5.88 Å². The summed E-state index contributed by atoms with van der Waals surface area (Å²) in [6, 6.07) is 9.85. The molecular formula is C18H15N5O4. The van der Waals surface area contributed by atoms with Gasteiger partial charge in [-0.3, -0.25) is 19.6 Å². The van der Waals surface area contributed by atoms with Crippen LogP contribution < -0.4 is 16.7 Å². The molecule has 9 heteroatoms. The van der Waals surface area contributed by atoms with Gasteiger partial charge in [-0.25, -0.2) is 14.8 Å². The van der Waals surface area contributed by atoms with Gasteiger partial charge in [-0.05, 0) is 30.7 Å². The largest absolute Gasteiger partial charge is 0.493 e. The van der Waals surface area contributed by atoms with Crippen LogP contribution in [0.3, 0.4) is 0 Å². The van der Waals surface area contributed by atoms with Gasteiger partial charge in [0.05, 0.1) is 11.9 Å². The number of hydrogen-bond acceptors (Lipinski definition) is 6. The van der Waals surface area contributed by atoms with Crippen molar-refractivity contribution in [2.45, 2.75) is 6.92 Å². The van der Waals surface area contributed by atoms with Crippen molar-refractivity contribution in [3.05, 3.63) is 86.3 Å². The third kappa shape index (κ3) is 3.66. The second kappa shape index (κ2) is 7.48. The number of aryl methyl sites for hydroxylation is 1. The van der Waals surface area contributed by atoms with E-state index in [-0.39, 0.29) is 5.56 Å². The zero-order valence-corrected chi connectivity index (χ0v) is 14.2. The number of hydrogen-bond donors (Lipinski definition) is 3. The second-order valence-electron chi connectivity index (χ2n) is 5.55. The Morgan fingerprint density at radius 2 is 1.93 bits per heavy atom. The number of carbonyl (C=O) groups is 1. The molecule has 0 fully saturated rings. The van der Waals surface area contributed by atoms with E-state index in [0.29, 0.717) is 11.3 Å². The normalized spacial score (nSPS) is 10.9. The molecule has 0 aliphatic heterocycles. The molecule has 3 rings (SSSR count). The summed E-state index contributed by atoms with van der Waals surface area (Å²) in [4.78, 5) is 42.1. The molecule has 3 aromatic rings.